The molecule has 0 saturated carbocycles. The number of benzene rings is 1. The number of sulfone groups is 1. The second-order valence-electron chi connectivity index (χ2n) is 6.13. The fraction of sp³-hybridized carbons (Fsp3) is 0.278. The summed E-state index contributed by atoms with van der Waals surface area (Å²) < 4.78 is 23.6. The molecular formula is C18H20N4O3S. The number of nitrogens with one attached hydrogen (secondary N) is 1. The van der Waals surface area contributed by atoms with Gasteiger partial charge < -0.3 is 10.4 Å². The van der Waals surface area contributed by atoms with Crippen LogP contribution in [0.3, 0.4) is 0 Å². The summed E-state index contributed by atoms with van der Waals surface area (Å²) in [6.45, 7) is 0.476. The first-order valence-corrected chi connectivity index (χ1v) is 10.1. The van der Waals surface area contributed by atoms with E-state index in [-0.39, 0.29) is 17.4 Å². The van der Waals surface area contributed by atoms with Crippen molar-refractivity contribution in [1.82, 2.24) is 15.0 Å². The molecular weight excluding hydrogens is 352 g/mol. The predicted octanol–water partition coefficient (Wildman–Crippen LogP) is 1.69. The van der Waals surface area contributed by atoms with Crippen LogP contribution in [0.5, 0.6) is 0 Å². The summed E-state index contributed by atoms with van der Waals surface area (Å²) in [5.74, 6) is 0.493. The zero-order valence-corrected chi connectivity index (χ0v) is 15.1. The number of pyridine rings is 1. The van der Waals surface area contributed by atoms with E-state index in [9.17, 15) is 13.5 Å². The minimum atomic E-state index is -3.32. The van der Waals surface area contributed by atoms with Crippen LogP contribution in [-0.2, 0) is 16.3 Å². The first-order valence-electron chi connectivity index (χ1n) is 8.17. The van der Waals surface area contributed by atoms with Gasteiger partial charge in [-0.05, 0) is 36.8 Å². The van der Waals surface area contributed by atoms with Gasteiger partial charge in [-0.25, -0.2) is 18.4 Å². The maximum atomic E-state index is 11.8. The lowest BCUT2D eigenvalue weighted by Crippen LogP contribution is -2.21. The third kappa shape index (κ3) is 4.33. The number of aliphatic hydroxyl groups excluding tert-OH is 1. The van der Waals surface area contributed by atoms with E-state index in [2.05, 4.69) is 20.3 Å². The van der Waals surface area contributed by atoms with Crippen molar-refractivity contribution < 1.29 is 13.5 Å². The van der Waals surface area contributed by atoms with Gasteiger partial charge in [-0.2, -0.15) is 0 Å². The van der Waals surface area contributed by atoms with Gasteiger partial charge in [0.15, 0.2) is 9.84 Å². The summed E-state index contributed by atoms with van der Waals surface area (Å²) in [6.07, 6.45) is 4.95. The summed E-state index contributed by atoms with van der Waals surface area (Å²) in [4.78, 5) is 12.9. The lowest BCUT2D eigenvalue weighted by atomic mass is 10.0. The number of aliphatic hydroxyl groups is 1. The molecule has 3 rings (SSSR count). The van der Waals surface area contributed by atoms with E-state index < -0.39 is 9.84 Å². The van der Waals surface area contributed by atoms with E-state index in [1.807, 2.05) is 18.2 Å². The molecule has 0 amide bonds. The van der Waals surface area contributed by atoms with Crippen molar-refractivity contribution in [2.75, 3.05) is 24.7 Å². The SMILES string of the molecule is CS(=O)(=O)c1ccc2ncnc(NC[C@@H](CO)Cc3ccccn3)c2c1. The molecule has 2 N–H and O–H groups in total. The summed E-state index contributed by atoms with van der Waals surface area (Å²) >= 11 is 0. The Morgan fingerprint density at radius 1 is 1.15 bits per heavy atom. The number of fused-ring (bicyclic) bond motifs is 1. The lowest BCUT2D eigenvalue weighted by molar-refractivity contribution is 0.232. The standard InChI is InChI=1S/C18H20N4O3S/c1-26(24,25)15-5-6-17-16(9-15)18(22-12-21-17)20-10-13(11-23)8-14-4-2-3-7-19-14/h2-7,9,12-13,23H,8,10-11H2,1H3,(H,20,21,22)/t13-/m0/s1. The number of aromatic nitrogens is 3. The minimum absolute atomic E-state index is 0.00117. The molecule has 0 bridgehead atoms. The van der Waals surface area contributed by atoms with Gasteiger partial charge >= 0.3 is 0 Å². The van der Waals surface area contributed by atoms with E-state index in [4.69, 9.17) is 0 Å². The molecule has 1 aromatic carbocycles. The van der Waals surface area contributed by atoms with Crippen LogP contribution in [0, 0.1) is 5.92 Å². The van der Waals surface area contributed by atoms with Gasteiger partial charge in [0, 0.05) is 42.6 Å². The molecule has 0 fully saturated rings. The highest BCUT2D eigenvalue weighted by molar-refractivity contribution is 7.90. The molecule has 0 saturated heterocycles. The van der Waals surface area contributed by atoms with Crippen molar-refractivity contribution in [2.45, 2.75) is 11.3 Å². The van der Waals surface area contributed by atoms with Gasteiger partial charge in [0.2, 0.25) is 0 Å². The maximum Gasteiger partial charge on any atom is 0.175 e. The number of hydrogen-bond donors (Lipinski definition) is 2. The number of hydrogen-bond acceptors (Lipinski definition) is 7. The molecule has 0 radical (unpaired) electrons. The molecule has 3 aromatic rings. The van der Waals surface area contributed by atoms with E-state index >= 15 is 0 Å². The normalized spacial score (nSPS) is 12.8. The van der Waals surface area contributed by atoms with E-state index in [1.165, 1.54) is 18.6 Å². The van der Waals surface area contributed by atoms with E-state index in [1.54, 1.807) is 18.3 Å². The van der Waals surface area contributed by atoms with Crippen LogP contribution < -0.4 is 5.32 Å². The zero-order valence-electron chi connectivity index (χ0n) is 14.3. The minimum Gasteiger partial charge on any atom is -0.396 e. The fourth-order valence-electron chi connectivity index (χ4n) is 2.66. The molecule has 0 spiro atoms. The van der Waals surface area contributed by atoms with Gasteiger partial charge in [0.05, 0.1) is 10.4 Å². The molecule has 0 aliphatic rings. The number of rotatable bonds is 7. The largest absolute Gasteiger partial charge is 0.396 e. The molecule has 0 unspecified atom stereocenters. The Morgan fingerprint density at radius 3 is 2.69 bits per heavy atom. The number of anilines is 1. The lowest BCUT2D eigenvalue weighted by Gasteiger charge is -2.16. The Labute approximate surface area is 152 Å². The van der Waals surface area contributed by atoms with E-state index in [0.717, 1.165) is 5.69 Å². The fourth-order valence-corrected chi connectivity index (χ4v) is 3.31. The Hall–Kier alpha value is -2.58. The highest BCUT2D eigenvalue weighted by Crippen LogP contribution is 2.23. The predicted molar refractivity (Wildman–Crippen MR) is 99.7 cm³/mol. The third-order valence-corrected chi connectivity index (χ3v) is 5.19. The molecule has 26 heavy (non-hydrogen) atoms. The van der Waals surface area contributed by atoms with Gasteiger partial charge in [0.1, 0.15) is 12.1 Å². The smallest absolute Gasteiger partial charge is 0.175 e. The van der Waals surface area contributed by atoms with Crippen LogP contribution in [0.15, 0.2) is 53.8 Å². The first-order chi connectivity index (χ1) is 12.5. The molecule has 7 nitrogen and oxygen atoms in total. The van der Waals surface area contributed by atoms with Crippen molar-refractivity contribution in [1.29, 1.82) is 0 Å². The zero-order chi connectivity index (χ0) is 18.6. The molecule has 2 aromatic heterocycles. The van der Waals surface area contributed by atoms with Crippen LogP contribution in [-0.4, -0.2) is 47.9 Å². The Kier molecular flexibility index (Phi) is 5.43. The van der Waals surface area contributed by atoms with Gasteiger partial charge in [0.25, 0.3) is 0 Å². The van der Waals surface area contributed by atoms with Crippen LogP contribution >= 0.6 is 0 Å². The van der Waals surface area contributed by atoms with Crippen LogP contribution in [0.1, 0.15) is 5.69 Å². The topological polar surface area (TPSA) is 105 Å². The maximum absolute atomic E-state index is 11.8. The Morgan fingerprint density at radius 2 is 2.00 bits per heavy atom. The van der Waals surface area contributed by atoms with Gasteiger partial charge in [-0.15, -0.1) is 0 Å². The highest BCUT2D eigenvalue weighted by Gasteiger charge is 2.13. The average Bonchev–Trinajstić information content (AvgIpc) is 2.64. The molecule has 8 heteroatoms. The molecule has 2 heterocycles. The average molecular weight is 372 g/mol. The Bertz CT molecular complexity index is 994. The molecule has 0 aliphatic carbocycles. The van der Waals surface area contributed by atoms with Crippen molar-refractivity contribution >= 4 is 26.6 Å². The summed E-state index contributed by atoms with van der Waals surface area (Å²) in [7, 11) is -3.32. The van der Waals surface area contributed by atoms with Gasteiger partial charge in [-0.3, -0.25) is 4.98 Å². The van der Waals surface area contributed by atoms with Crippen LogP contribution in [0.4, 0.5) is 5.82 Å². The first kappa shape index (κ1) is 18.2. The monoisotopic (exact) mass is 372 g/mol. The Balaban J connectivity index is 1.81. The molecule has 136 valence electrons. The summed E-state index contributed by atoms with van der Waals surface area (Å²) in [5.41, 5.74) is 1.56. The van der Waals surface area contributed by atoms with Crippen molar-refractivity contribution in [2.24, 2.45) is 5.92 Å². The highest BCUT2D eigenvalue weighted by atomic mass is 32.2. The second-order valence-corrected chi connectivity index (χ2v) is 8.14. The van der Waals surface area contributed by atoms with Gasteiger partial charge in [-0.1, -0.05) is 6.07 Å². The third-order valence-electron chi connectivity index (χ3n) is 4.08. The second kappa shape index (κ2) is 7.76. The van der Waals surface area contributed by atoms with Crippen molar-refractivity contribution in [3.63, 3.8) is 0 Å². The van der Waals surface area contributed by atoms with E-state index in [0.29, 0.717) is 29.7 Å². The number of nitrogens with zero attached hydrogens (tertiary/aromatic N) is 3. The molecule has 1 atom stereocenters. The summed E-state index contributed by atoms with van der Waals surface area (Å²) in [6, 6.07) is 10.4. The summed E-state index contributed by atoms with van der Waals surface area (Å²) in [5, 5.41) is 13.5. The quantitative estimate of drug-likeness (QED) is 0.650. The van der Waals surface area contributed by atoms with Crippen molar-refractivity contribution in [3.05, 3.63) is 54.6 Å². The van der Waals surface area contributed by atoms with Crippen LogP contribution in [0.25, 0.3) is 10.9 Å². The molecule has 0 aliphatic heterocycles. The van der Waals surface area contributed by atoms with Crippen molar-refractivity contribution in [3.8, 4) is 0 Å². The van der Waals surface area contributed by atoms with Crippen LogP contribution in [0.2, 0.25) is 0 Å².